The molecule has 0 radical (unpaired) electrons. The Bertz CT molecular complexity index is 575. The number of hydrogen-bond acceptors (Lipinski definition) is 6. The molecular weight excluding hydrogens is 302 g/mol. The first-order chi connectivity index (χ1) is 9.86. The third-order valence-corrected chi connectivity index (χ3v) is 4.63. The van der Waals surface area contributed by atoms with Gasteiger partial charge in [0, 0.05) is 33.0 Å². The van der Waals surface area contributed by atoms with Crippen molar-refractivity contribution in [1.29, 1.82) is 0 Å². The second kappa shape index (κ2) is 7.50. The molecule has 0 aliphatic rings. The Morgan fingerprint density at radius 3 is 2.24 bits per heavy atom. The number of hydrogen-bond donors (Lipinski definition) is 2. The van der Waals surface area contributed by atoms with Gasteiger partial charge in [0.25, 0.3) is 10.0 Å². The molecule has 21 heavy (non-hydrogen) atoms. The highest BCUT2D eigenvalue weighted by molar-refractivity contribution is 7.89. The van der Waals surface area contributed by atoms with E-state index >= 15 is 0 Å². The smallest absolute Gasteiger partial charge is 0.340 e. The maximum absolute atomic E-state index is 12.6. The molecule has 0 saturated carbocycles. The van der Waals surface area contributed by atoms with E-state index in [9.17, 15) is 13.2 Å². The SMILES string of the molecule is COCCN(CCOC)S(=O)(=O)c1n[nH]c(C)c1C(=O)O. The second-order valence-corrected chi connectivity index (χ2v) is 6.08. The number of nitrogens with one attached hydrogen (secondary N) is 1. The van der Waals surface area contributed by atoms with E-state index in [-0.39, 0.29) is 37.6 Å². The average Bonchev–Trinajstić information content (AvgIpc) is 2.81. The number of rotatable bonds is 9. The number of aromatic carboxylic acids is 1. The molecule has 1 aromatic heterocycles. The minimum atomic E-state index is -4.05. The predicted molar refractivity (Wildman–Crippen MR) is 72.8 cm³/mol. The first-order valence-electron chi connectivity index (χ1n) is 6.12. The Labute approximate surface area is 122 Å². The van der Waals surface area contributed by atoms with E-state index in [0.29, 0.717) is 0 Å². The maximum atomic E-state index is 12.6. The molecule has 0 spiro atoms. The van der Waals surface area contributed by atoms with E-state index in [0.717, 1.165) is 4.31 Å². The molecule has 0 aliphatic heterocycles. The van der Waals surface area contributed by atoms with Gasteiger partial charge in [0.15, 0.2) is 0 Å². The van der Waals surface area contributed by atoms with Gasteiger partial charge in [0.2, 0.25) is 5.03 Å². The highest BCUT2D eigenvalue weighted by Crippen LogP contribution is 2.20. The maximum Gasteiger partial charge on any atom is 0.340 e. The summed E-state index contributed by atoms with van der Waals surface area (Å²) in [5.41, 5.74) is -0.172. The van der Waals surface area contributed by atoms with E-state index in [1.807, 2.05) is 0 Å². The summed E-state index contributed by atoms with van der Waals surface area (Å²) in [6.45, 7) is 1.95. The van der Waals surface area contributed by atoms with E-state index in [1.54, 1.807) is 0 Å². The topological polar surface area (TPSA) is 122 Å². The van der Waals surface area contributed by atoms with Gasteiger partial charge in [-0.05, 0) is 6.92 Å². The summed E-state index contributed by atoms with van der Waals surface area (Å²) in [6, 6.07) is 0. The Hall–Kier alpha value is -1.49. The quantitative estimate of drug-likeness (QED) is 0.640. The zero-order valence-electron chi connectivity index (χ0n) is 12.1. The van der Waals surface area contributed by atoms with Crippen LogP contribution in [0.2, 0.25) is 0 Å². The van der Waals surface area contributed by atoms with Crippen LogP contribution in [0.1, 0.15) is 16.1 Å². The average molecular weight is 321 g/mol. The van der Waals surface area contributed by atoms with Crippen LogP contribution in [0.15, 0.2) is 5.03 Å². The number of aromatic amines is 1. The van der Waals surface area contributed by atoms with Crippen molar-refractivity contribution in [1.82, 2.24) is 14.5 Å². The number of H-pyrrole nitrogens is 1. The fraction of sp³-hybridized carbons (Fsp3) is 0.636. The highest BCUT2D eigenvalue weighted by atomic mass is 32.2. The van der Waals surface area contributed by atoms with Gasteiger partial charge < -0.3 is 14.6 Å². The number of aryl methyl sites for hydroxylation is 1. The molecule has 1 aromatic rings. The molecule has 0 amide bonds. The van der Waals surface area contributed by atoms with Crippen LogP contribution in [0.3, 0.4) is 0 Å². The highest BCUT2D eigenvalue weighted by Gasteiger charge is 2.33. The number of sulfonamides is 1. The molecule has 120 valence electrons. The zero-order chi connectivity index (χ0) is 16.0. The monoisotopic (exact) mass is 321 g/mol. The van der Waals surface area contributed by atoms with Crippen LogP contribution < -0.4 is 0 Å². The first-order valence-corrected chi connectivity index (χ1v) is 7.56. The molecule has 0 bridgehead atoms. The Kier molecular flexibility index (Phi) is 6.27. The van der Waals surface area contributed by atoms with Gasteiger partial charge in [-0.25, -0.2) is 13.2 Å². The van der Waals surface area contributed by atoms with Gasteiger partial charge in [0.1, 0.15) is 5.56 Å². The molecule has 1 heterocycles. The largest absolute Gasteiger partial charge is 0.478 e. The fourth-order valence-electron chi connectivity index (χ4n) is 1.71. The molecule has 2 N–H and O–H groups in total. The number of aromatic nitrogens is 2. The normalized spacial score (nSPS) is 12.0. The standard InChI is InChI=1S/C11H19N3O6S/c1-8-9(11(15)16)10(13-12-8)21(17,18)14(4-6-19-2)5-7-20-3/h4-7H2,1-3H3,(H,12,13)(H,15,16). The fourth-order valence-corrected chi connectivity index (χ4v) is 3.24. The molecule has 0 atom stereocenters. The van der Waals surface area contributed by atoms with Gasteiger partial charge >= 0.3 is 5.97 Å². The molecule has 0 aliphatic carbocycles. The second-order valence-electron chi connectivity index (χ2n) is 4.22. The molecule has 1 rings (SSSR count). The van der Waals surface area contributed by atoms with Crippen molar-refractivity contribution >= 4 is 16.0 Å². The zero-order valence-corrected chi connectivity index (χ0v) is 12.9. The Morgan fingerprint density at radius 1 is 1.29 bits per heavy atom. The summed E-state index contributed by atoms with van der Waals surface area (Å²) in [6.07, 6.45) is 0. The predicted octanol–water partition coefficient (Wildman–Crippen LogP) is -0.300. The third-order valence-electron chi connectivity index (χ3n) is 2.80. The van der Waals surface area contributed by atoms with Crippen molar-refractivity contribution in [3.05, 3.63) is 11.3 Å². The molecule has 0 saturated heterocycles. The van der Waals surface area contributed by atoms with Crippen LogP contribution in [0.4, 0.5) is 0 Å². The van der Waals surface area contributed by atoms with E-state index in [2.05, 4.69) is 10.2 Å². The molecule has 0 fully saturated rings. The molecule has 0 aromatic carbocycles. The Balaban J connectivity index is 3.18. The summed E-state index contributed by atoms with van der Waals surface area (Å²) in [7, 11) is -1.16. The van der Waals surface area contributed by atoms with Crippen molar-refractivity contribution in [2.45, 2.75) is 11.9 Å². The van der Waals surface area contributed by atoms with Crippen LogP contribution in [0.5, 0.6) is 0 Å². The van der Waals surface area contributed by atoms with Crippen LogP contribution in [-0.2, 0) is 19.5 Å². The number of nitrogens with zero attached hydrogens (tertiary/aromatic N) is 2. The lowest BCUT2D eigenvalue weighted by Crippen LogP contribution is -2.37. The van der Waals surface area contributed by atoms with Gasteiger partial charge in [-0.2, -0.15) is 9.40 Å². The summed E-state index contributed by atoms with van der Waals surface area (Å²) in [4.78, 5) is 11.2. The summed E-state index contributed by atoms with van der Waals surface area (Å²) < 4.78 is 35.9. The minimum Gasteiger partial charge on any atom is -0.478 e. The first kappa shape index (κ1) is 17.6. The van der Waals surface area contributed by atoms with Crippen LogP contribution in [-0.4, -0.2) is 74.5 Å². The van der Waals surface area contributed by atoms with Crippen molar-refractivity contribution in [3.8, 4) is 0 Å². The molecule has 0 unspecified atom stereocenters. The van der Waals surface area contributed by atoms with Crippen LogP contribution in [0, 0.1) is 6.92 Å². The summed E-state index contributed by atoms with van der Waals surface area (Å²) in [5, 5.41) is 14.7. The van der Waals surface area contributed by atoms with E-state index in [1.165, 1.54) is 21.1 Å². The summed E-state index contributed by atoms with van der Waals surface area (Å²) in [5.74, 6) is -1.35. The minimum absolute atomic E-state index is 0.0765. The van der Waals surface area contributed by atoms with Crippen LogP contribution in [0.25, 0.3) is 0 Å². The lowest BCUT2D eigenvalue weighted by atomic mass is 10.3. The lowest BCUT2D eigenvalue weighted by molar-refractivity contribution is 0.0691. The Morgan fingerprint density at radius 2 is 1.81 bits per heavy atom. The number of carboxylic acids is 1. The van der Waals surface area contributed by atoms with Crippen molar-refractivity contribution in [2.24, 2.45) is 0 Å². The van der Waals surface area contributed by atoms with E-state index in [4.69, 9.17) is 14.6 Å². The summed E-state index contributed by atoms with van der Waals surface area (Å²) >= 11 is 0. The van der Waals surface area contributed by atoms with Crippen molar-refractivity contribution in [2.75, 3.05) is 40.5 Å². The van der Waals surface area contributed by atoms with Gasteiger partial charge in [-0.1, -0.05) is 0 Å². The van der Waals surface area contributed by atoms with Crippen molar-refractivity contribution in [3.63, 3.8) is 0 Å². The number of carbonyl (C=O) groups is 1. The lowest BCUT2D eigenvalue weighted by Gasteiger charge is -2.20. The number of carboxylic acid groups (broad SMARTS) is 1. The van der Waals surface area contributed by atoms with Gasteiger partial charge in [-0.15, -0.1) is 0 Å². The number of methoxy groups -OCH3 is 2. The van der Waals surface area contributed by atoms with E-state index < -0.39 is 21.0 Å². The molecular formula is C11H19N3O6S. The molecule has 10 heteroatoms. The third kappa shape index (κ3) is 4.00. The molecule has 9 nitrogen and oxygen atoms in total. The van der Waals surface area contributed by atoms with Gasteiger partial charge in [0.05, 0.1) is 13.2 Å². The van der Waals surface area contributed by atoms with Gasteiger partial charge in [-0.3, -0.25) is 5.10 Å². The van der Waals surface area contributed by atoms with Crippen molar-refractivity contribution < 1.29 is 27.8 Å². The number of ether oxygens (including phenoxy) is 2. The van der Waals surface area contributed by atoms with Crippen LogP contribution >= 0.6 is 0 Å².